The number of fused-ring (bicyclic) bond motifs is 5. The van der Waals surface area contributed by atoms with Crippen LogP contribution in [0, 0.1) is 34.5 Å². The number of carboxylic acid groups (broad SMARTS) is 1. The van der Waals surface area contributed by atoms with Crippen LogP contribution in [0.1, 0.15) is 58.8 Å². The van der Waals surface area contributed by atoms with Crippen molar-refractivity contribution in [3.05, 3.63) is 23.8 Å². The molecule has 4 aliphatic carbocycles. The summed E-state index contributed by atoms with van der Waals surface area (Å²) < 4.78 is 0. The van der Waals surface area contributed by atoms with E-state index in [1.54, 1.807) is 5.57 Å². The predicted octanol–water partition coefficient (Wildman–Crippen LogP) is 4.82. The molecule has 3 fully saturated rings. The Labute approximate surface area is 133 Å². The molecule has 0 aromatic carbocycles. The molecule has 1 N–H and O–H groups in total. The van der Waals surface area contributed by atoms with Crippen LogP contribution in [-0.4, -0.2) is 11.1 Å². The van der Waals surface area contributed by atoms with Gasteiger partial charge in [-0.1, -0.05) is 37.6 Å². The largest absolute Gasteiger partial charge is 0.481 e. The first kappa shape index (κ1) is 14.5. The van der Waals surface area contributed by atoms with E-state index in [0.717, 1.165) is 31.1 Å². The summed E-state index contributed by atoms with van der Waals surface area (Å²) in [6.07, 6.45) is 15.0. The molecular formula is C20H28O2. The van der Waals surface area contributed by atoms with Gasteiger partial charge in [0.1, 0.15) is 0 Å². The third-order valence-electron chi connectivity index (χ3n) is 8.01. The normalized spacial score (nSPS) is 49.8. The maximum absolute atomic E-state index is 11.7. The standard InChI is InChI=1S/C20H28O2/c1-19-11-4-3-5-13(19)6-7-14-15-8-9-17(18(21)22)20(15,2)12-10-16(14)19/h3-5,14-17H,6-12H2,1-2H3,(H,21,22)/t14-,15-,16-,17?,19-,20-/m0/s1. The highest BCUT2D eigenvalue weighted by atomic mass is 16.4. The van der Waals surface area contributed by atoms with Crippen molar-refractivity contribution in [3.8, 4) is 0 Å². The van der Waals surface area contributed by atoms with Gasteiger partial charge in [-0.05, 0) is 73.5 Å². The van der Waals surface area contributed by atoms with Gasteiger partial charge in [0.25, 0.3) is 0 Å². The summed E-state index contributed by atoms with van der Waals surface area (Å²) in [4.78, 5) is 11.7. The maximum atomic E-state index is 11.7. The summed E-state index contributed by atoms with van der Waals surface area (Å²) in [5.41, 5.74) is 2.06. The van der Waals surface area contributed by atoms with Gasteiger partial charge in [-0.25, -0.2) is 0 Å². The number of rotatable bonds is 1. The fourth-order valence-corrected chi connectivity index (χ4v) is 6.79. The first-order chi connectivity index (χ1) is 10.5. The highest BCUT2D eigenvalue weighted by Gasteiger charge is 2.59. The topological polar surface area (TPSA) is 37.3 Å². The predicted molar refractivity (Wildman–Crippen MR) is 87.4 cm³/mol. The van der Waals surface area contributed by atoms with Crippen LogP contribution in [0.3, 0.4) is 0 Å². The molecule has 0 aliphatic heterocycles. The minimum absolute atomic E-state index is 0.0507. The number of hydrogen-bond donors (Lipinski definition) is 1. The lowest BCUT2D eigenvalue weighted by atomic mass is 9.47. The number of carboxylic acids is 1. The number of allylic oxidation sites excluding steroid dienone is 4. The van der Waals surface area contributed by atoms with Crippen LogP contribution in [0.2, 0.25) is 0 Å². The second-order valence-electron chi connectivity index (χ2n) is 8.67. The summed E-state index contributed by atoms with van der Waals surface area (Å²) in [5.74, 6) is 1.50. The average molecular weight is 300 g/mol. The third-order valence-corrected chi connectivity index (χ3v) is 8.01. The Morgan fingerprint density at radius 1 is 1.18 bits per heavy atom. The van der Waals surface area contributed by atoms with Gasteiger partial charge in [-0.3, -0.25) is 4.79 Å². The lowest BCUT2D eigenvalue weighted by Gasteiger charge is -2.57. The van der Waals surface area contributed by atoms with Gasteiger partial charge in [-0.2, -0.15) is 0 Å². The number of hydrogen-bond acceptors (Lipinski definition) is 1. The van der Waals surface area contributed by atoms with Crippen LogP contribution in [0.15, 0.2) is 23.8 Å². The Morgan fingerprint density at radius 2 is 2.00 bits per heavy atom. The van der Waals surface area contributed by atoms with Crippen LogP contribution < -0.4 is 0 Å². The van der Waals surface area contributed by atoms with Crippen molar-refractivity contribution >= 4 is 5.97 Å². The lowest BCUT2D eigenvalue weighted by Crippen LogP contribution is -2.50. The van der Waals surface area contributed by atoms with Crippen molar-refractivity contribution in [3.63, 3.8) is 0 Å². The second-order valence-corrected chi connectivity index (χ2v) is 8.67. The van der Waals surface area contributed by atoms with Gasteiger partial charge in [0.15, 0.2) is 0 Å². The molecule has 0 radical (unpaired) electrons. The van der Waals surface area contributed by atoms with E-state index in [2.05, 4.69) is 32.1 Å². The van der Waals surface area contributed by atoms with Gasteiger partial charge < -0.3 is 5.11 Å². The fraction of sp³-hybridized carbons (Fsp3) is 0.750. The van der Waals surface area contributed by atoms with Crippen molar-refractivity contribution < 1.29 is 9.90 Å². The molecule has 3 saturated carbocycles. The monoisotopic (exact) mass is 300 g/mol. The van der Waals surface area contributed by atoms with Gasteiger partial charge in [0, 0.05) is 0 Å². The molecule has 22 heavy (non-hydrogen) atoms. The summed E-state index contributed by atoms with van der Waals surface area (Å²) in [7, 11) is 0. The Bertz CT molecular complexity index is 560. The highest BCUT2D eigenvalue weighted by molar-refractivity contribution is 5.71. The third kappa shape index (κ3) is 1.76. The quantitative estimate of drug-likeness (QED) is 0.754. The van der Waals surface area contributed by atoms with E-state index >= 15 is 0 Å². The molecule has 0 aromatic rings. The van der Waals surface area contributed by atoms with E-state index in [-0.39, 0.29) is 11.3 Å². The first-order valence-electron chi connectivity index (χ1n) is 9.06. The van der Waals surface area contributed by atoms with Crippen molar-refractivity contribution in [2.24, 2.45) is 34.5 Å². The van der Waals surface area contributed by atoms with E-state index in [1.807, 2.05) is 0 Å². The van der Waals surface area contributed by atoms with E-state index in [4.69, 9.17) is 0 Å². The minimum Gasteiger partial charge on any atom is -0.481 e. The van der Waals surface area contributed by atoms with Crippen LogP contribution >= 0.6 is 0 Å². The molecule has 0 spiro atoms. The molecule has 1 unspecified atom stereocenters. The maximum Gasteiger partial charge on any atom is 0.307 e. The van der Waals surface area contributed by atoms with Crippen molar-refractivity contribution in [2.75, 3.05) is 0 Å². The van der Waals surface area contributed by atoms with Gasteiger partial charge in [0.05, 0.1) is 5.92 Å². The Balaban J connectivity index is 1.67. The molecule has 0 heterocycles. The zero-order valence-electron chi connectivity index (χ0n) is 13.8. The molecule has 0 amide bonds. The molecule has 4 rings (SSSR count). The van der Waals surface area contributed by atoms with Gasteiger partial charge in [0.2, 0.25) is 0 Å². The van der Waals surface area contributed by atoms with E-state index in [9.17, 15) is 9.90 Å². The van der Waals surface area contributed by atoms with Gasteiger partial charge in [-0.15, -0.1) is 0 Å². The smallest absolute Gasteiger partial charge is 0.307 e. The molecule has 0 aromatic heterocycles. The molecule has 2 heteroatoms. The molecule has 4 aliphatic rings. The number of aliphatic carboxylic acids is 1. The lowest BCUT2D eigenvalue weighted by molar-refractivity contribution is -0.148. The Morgan fingerprint density at radius 3 is 2.77 bits per heavy atom. The van der Waals surface area contributed by atoms with Gasteiger partial charge >= 0.3 is 5.97 Å². The summed E-state index contributed by atoms with van der Waals surface area (Å²) in [6, 6.07) is 0. The highest BCUT2D eigenvalue weighted by Crippen LogP contribution is 2.66. The summed E-state index contributed by atoms with van der Waals surface area (Å²) in [5, 5.41) is 9.63. The van der Waals surface area contributed by atoms with Crippen molar-refractivity contribution in [2.45, 2.75) is 58.8 Å². The van der Waals surface area contributed by atoms with Crippen LogP contribution in [-0.2, 0) is 4.79 Å². The molecule has 6 atom stereocenters. The van der Waals surface area contributed by atoms with E-state index in [1.165, 1.54) is 25.7 Å². The summed E-state index contributed by atoms with van der Waals surface area (Å²) in [6.45, 7) is 4.76. The SMILES string of the molecule is C[C@]12CC=CC=C1CC[C@@H]1[C@@H]2CC[C@]2(C)C(C(=O)O)CC[C@@H]12. The second kappa shape index (κ2) is 4.72. The Hall–Kier alpha value is -1.05. The minimum atomic E-state index is -0.549. The van der Waals surface area contributed by atoms with Crippen LogP contribution in [0.25, 0.3) is 0 Å². The first-order valence-corrected chi connectivity index (χ1v) is 9.06. The zero-order chi connectivity index (χ0) is 15.5. The fourth-order valence-electron chi connectivity index (χ4n) is 6.79. The van der Waals surface area contributed by atoms with Crippen molar-refractivity contribution in [1.82, 2.24) is 0 Å². The van der Waals surface area contributed by atoms with E-state index in [0.29, 0.717) is 11.3 Å². The number of carbonyl (C=O) groups is 1. The van der Waals surface area contributed by atoms with Crippen LogP contribution in [0.4, 0.5) is 0 Å². The summed E-state index contributed by atoms with van der Waals surface area (Å²) >= 11 is 0. The van der Waals surface area contributed by atoms with E-state index < -0.39 is 5.97 Å². The molecular weight excluding hydrogens is 272 g/mol. The molecule has 2 nitrogen and oxygen atoms in total. The average Bonchev–Trinajstić information content (AvgIpc) is 2.84. The van der Waals surface area contributed by atoms with Crippen molar-refractivity contribution in [1.29, 1.82) is 0 Å². The van der Waals surface area contributed by atoms with Crippen LogP contribution in [0.5, 0.6) is 0 Å². The molecule has 0 bridgehead atoms. The molecule has 0 saturated heterocycles. The zero-order valence-corrected chi connectivity index (χ0v) is 13.8. The molecule has 120 valence electrons. The Kier molecular flexibility index (Phi) is 3.12.